The standard InChI is InChI=1S/C34H27NO/c1-6-16-28(17-7-1)26-27-33(29-18-8-2-9-19-29)35-36-34(30-20-10-3-11-21-30,31-22-12-4-13-23-31)32-24-14-5-15-25-32/h1-27H/b27-26+,35-33-. The molecule has 0 N–H and O–H groups in total. The summed E-state index contributed by atoms with van der Waals surface area (Å²) in [6, 6.07) is 51.2. The quantitative estimate of drug-likeness (QED) is 0.129. The van der Waals surface area contributed by atoms with Gasteiger partial charge in [0.2, 0.25) is 5.60 Å². The van der Waals surface area contributed by atoms with Crippen LogP contribution in [0.15, 0.2) is 163 Å². The summed E-state index contributed by atoms with van der Waals surface area (Å²) in [5.41, 5.74) is 4.91. The van der Waals surface area contributed by atoms with Gasteiger partial charge in [0.25, 0.3) is 0 Å². The molecule has 0 aromatic heterocycles. The maximum absolute atomic E-state index is 6.73. The van der Waals surface area contributed by atoms with Crippen molar-refractivity contribution in [2.75, 3.05) is 0 Å². The van der Waals surface area contributed by atoms with Crippen molar-refractivity contribution in [1.29, 1.82) is 0 Å². The van der Waals surface area contributed by atoms with Gasteiger partial charge in [0.1, 0.15) is 5.71 Å². The van der Waals surface area contributed by atoms with Crippen molar-refractivity contribution in [1.82, 2.24) is 0 Å². The zero-order valence-corrected chi connectivity index (χ0v) is 19.9. The molecular formula is C34H27NO. The largest absolute Gasteiger partial charge is 0.374 e. The van der Waals surface area contributed by atoms with Gasteiger partial charge in [-0.3, -0.25) is 0 Å². The molecule has 0 radical (unpaired) electrons. The molecule has 0 spiro atoms. The van der Waals surface area contributed by atoms with Crippen molar-refractivity contribution in [2.45, 2.75) is 5.60 Å². The SMILES string of the molecule is C(=C\c1ccccc1)/C(=N/OC(c1ccccc1)(c1ccccc1)c1ccccc1)c1ccccc1. The molecule has 0 atom stereocenters. The number of rotatable bonds is 8. The van der Waals surface area contributed by atoms with Crippen LogP contribution >= 0.6 is 0 Å². The second-order valence-corrected chi connectivity index (χ2v) is 8.46. The molecule has 0 bridgehead atoms. The zero-order valence-electron chi connectivity index (χ0n) is 19.9. The summed E-state index contributed by atoms with van der Waals surface area (Å²) >= 11 is 0. The van der Waals surface area contributed by atoms with E-state index in [9.17, 15) is 0 Å². The zero-order chi connectivity index (χ0) is 24.5. The average Bonchev–Trinajstić information content (AvgIpc) is 2.97. The molecule has 0 aliphatic carbocycles. The molecule has 0 saturated heterocycles. The molecule has 0 fully saturated rings. The second kappa shape index (κ2) is 11.2. The molecule has 0 unspecified atom stereocenters. The fourth-order valence-corrected chi connectivity index (χ4v) is 4.32. The maximum atomic E-state index is 6.73. The first-order chi connectivity index (χ1) is 17.9. The van der Waals surface area contributed by atoms with Crippen molar-refractivity contribution >= 4 is 11.8 Å². The van der Waals surface area contributed by atoms with Crippen LogP contribution < -0.4 is 0 Å². The molecule has 5 aromatic rings. The Bertz CT molecular complexity index is 1320. The summed E-state index contributed by atoms with van der Waals surface area (Å²) in [5, 5.41) is 4.84. The monoisotopic (exact) mass is 465 g/mol. The Balaban J connectivity index is 1.68. The van der Waals surface area contributed by atoms with Gasteiger partial charge >= 0.3 is 0 Å². The maximum Gasteiger partial charge on any atom is 0.212 e. The molecule has 5 aromatic carbocycles. The van der Waals surface area contributed by atoms with Crippen LogP contribution in [0.2, 0.25) is 0 Å². The molecule has 2 nitrogen and oxygen atoms in total. The third kappa shape index (κ3) is 5.03. The molecule has 174 valence electrons. The van der Waals surface area contributed by atoms with Crippen molar-refractivity contribution < 1.29 is 4.84 Å². The number of nitrogens with zero attached hydrogens (tertiary/aromatic N) is 1. The molecule has 0 aliphatic heterocycles. The topological polar surface area (TPSA) is 21.6 Å². The minimum Gasteiger partial charge on any atom is -0.374 e. The number of allylic oxidation sites excluding steroid dienone is 1. The fourth-order valence-electron chi connectivity index (χ4n) is 4.32. The first-order valence-corrected chi connectivity index (χ1v) is 12.1. The van der Waals surface area contributed by atoms with E-state index < -0.39 is 5.60 Å². The fraction of sp³-hybridized carbons (Fsp3) is 0.0294. The van der Waals surface area contributed by atoms with Crippen LogP contribution in [-0.4, -0.2) is 5.71 Å². The van der Waals surface area contributed by atoms with Gasteiger partial charge in [-0.15, -0.1) is 0 Å². The third-order valence-corrected chi connectivity index (χ3v) is 6.12. The van der Waals surface area contributed by atoms with E-state index in [4.69, 9.17) is 9.99 Å². The normalized spacial score (nSPS) is 11.9. The molecular weight excluding hydrogens is 438 g/mol. The van der Waals surface area contributed by atoms with Crippen molar-refractivity contribution in [3.05, 3.63) is 186 Å². The second-order valence-electron chi connectivity index (χ2n) is 8.46. The Morgan fingerprint density at radius 1 is 0.500 bits per heavy atom. The number of hydrogen-bond acceptors (Lipinski definition) is 2. The summed E-state index contributed by atoms with van der Waals surface area (Å²) in [7, 11) is 0. The number of oxime groups is 1. The van der Waals surface area contributed by atoms with Gasteiger partial charge in [-0.1, -0.05) is 163 Å². The highest BCUT2D eigenvalue weighted by molar-refractivity contribution is 6.10. The van der Waals surface area contributed by atoms with Gasteiger partial charge in [0.05, 0.1) is 0 Å². The summed E-state index contributed by atoms with van der Waals surface area (Å²) in [6.45, 7) is 0. The Kier molecular flexibility index (Phi) is 7.15. The Morgan fingerprint density at radius 3 is 1.33 bits per heavy atom. The average molecular weight is 466 g/mol. The van der Waals surface area contributed by atoms with Gasteiger partial charge < -0.3 is 4.84 Å². The molecule has 0 heterocycles. The van der Waals surface area contributed by atoms with Crippen molar-refractivity contribution in [3.63, 3.8) is 0 Å². The van der Waals surface area contributed by atoms with E-state index in [0.29, 0.717) is 0 Å². The lowest BCUT2D eigenvalue weighted by Gasteiger charge is -2.33. The highest BCUT2D eigenvalue weighted by atomic mass is 16.6. The van der Waals surface area contributed by atoms with Crippen molar-refractivity contribution in [3.8, 4) is 0 Å². The molecule has 0 aliphatic rings. The highest BCUT2D eigenvalue weighted by Crippen LogP contribution is 2.40. The van der Waals surface area contributed by atoms with E-state index in [0.717, 1.165) is 33.5 Å². The molecule has 0 saturated carbocycles. The van der Waals surface area contributed by atoms with Crippen LogP contribution in [0, 0.1) is 0 Å². The van der Waals surface area contributed by atoms with Crippen LogP contribution in [0.5, 0.6) is 0 Å². The van der Waals surface area contributed by atoms with E-state index in [1.807, 2.05) is 109 Å². The van der Waals surface area contributed by atoms with E-state index in [2.05, 4.69) is 54.6 Å². The number of benzene rings is 5. The van der Waals surface area contributed by atoms with Crippen LogP contribution in [0.25, 0.3) is 6.08 Å². The smallest absolute Gasteiger partial charge is 0.212 e. The van der Waals surface area contributed by atoms with Crippen LogP contribution in [0.1, 0.15) is 27.8 Å². The van der Waals surface area contributed by atoms with E-state index in [1.54, 1.807) is 0 Å². The van der Waals surface area contributed by atoms with E-state index in [1.165, 1.54) is 0 Å². The van der Waals surface area contributed by atoms with E-state index in [-0.39, 0.29) is 0 Å². The molecule has 0 amide bonds. The lowest BCUT2D eigenvalue weighted by atomic mass is 9.80. The third-order valence-electron chi connectivity index (χ3n) is 6.12. The van der Waals surface area contributed by atoms with Gasteiger partial charge in [-0.2, -0.15) is 0 Å². The highest BCUT2D eigenvalue weighted by Gasteiger charge is 2.39. The summed E-state index contributed by atoms with van der Waals surface area (Å²) in [5.74, 6) is 0. The number of hydrogen-bond donors (Lipinski definition) is 0. The minimum absolute atomic E-state index is 0.742. The van der Waals surface area contributed by atoms with Gasteiger partial charge in [0.15, 0.2) is 0 Å². The molecule has 5 rings (SSSR count). The van der Waals surface area contributed by atoms with Crippen molar-refractivity contribution in [2.24, 2.45) is 5.16 Å². The predicted octanol–water partition coefficient (Wildman–Crippen LogP) is 8.11. The lowest BCUT2D eigenvalue weighted by molar-refractivity contribution is 0.0175. The predicted molar refractivity (Wildman–Crippen MR) is 149 cm³/mol. The Hall–Kier alpha value is -4.69. The van der Waals surface area contributed by atoms with E-state index >= 15 is 0 Å². The van der Waals surface area contributed by atoms with Crippen LogP contribution in [0.4, 0.5) is 0 Å². The Labute approximate surface area is 212 Å². The Morgan fingerprint density at radius 2 is 0.889 bits per heavy atom. The van der Waals surface area contributed by atoms with Crippen LogP contribution in [-0.2, 0) is 10.4 Å². The summed E-state index contributed by atoms with van der Waals surface area (Å²) < 4.78 is 0. The van der Waals surface area contributed by atoms with Crippen LogP contribution in [0.3, 0.4) is 0 Å². The molecule has 36 heavy (non-hydrogen) atoms. The summed E-state index contributed by atoms with van der Waals surface area (Å²) in [6.07, 6.45) is 4.07. The van der Waals surface area contributed by atoms with Gasteiger partial charge in [-0.25, -0.2) is 0 Å². The summed E-state index contributed by atoms with van der Waals surface area (Å²) in [4.78, 5) is 6.73. The minimum atomic E-state index is -0.926. The first-order valence-electron chi connectivity index (χ1n) is 12.1. The molecule has 2 heteroatoms. The first kappa shape index (κ1) is 23.1. The van der Waals surface area contributed by atoms with Gasteiger partial charge in [0, 0.05) is 22.3 Å². The van der Waals surface area contributed by atoms with Gasteiger partial charge in [-0.05, 0) is 11.6 Å². The lowest BCUT2D eigenvalue weighted by Crippen LogP contribution is -2.31.